The zero-order valence-corrected chi connectivity index (χ0v) is 30.6. The summed E-state index contributed by atoms with van der Waals surface area (Å²) in [6.07, 6.45) is 47.7. The highest BCUT2D eigenvalue weighted by molar-refractivity contribution is 5.69. The van der Waals surface area contributed by atoms with Gasteiger partial charge in [0.15, 0.2) is 0 Å². The van der Waals surface area contributed by atoms with Crippen LogP contribution in [0.1, 0.15) is 232 Å². The summed E-state index contributed by atoms with van der Waals surface area (Å²) in [5, 5.41) is 0. The molecule has 0 heterocycles. The van der Waals surface area contributed by atoms with E-state index in [1.54, 1.807) is 6.08 Å². The summed E-state index contributed by atoms with van der Waals surface area (Å²) in [6, 6.07) is 0. The van der Waals surface area contributed by atoms with Gasteiger partial charge in [0.1, 0.15) is 0 Å². The number of hydrogen-bond donors (Lipinski definition) is 1. The fourth-order valence-electron chi connectivity index (χ4n) is 5.90. The van der Waals surface area contributed by atoms with Gasteiger partial charge in [0, 0.05) is 13.0 Å². The Labute approximate surface area is 278 Å². The molecule has 0 saturated heterocycles. The number of carbonyl (C=O) groups is 1. The van der Waals surface area contributed by atoms with Crippen LogP contribution in [0.5, 0.6) is 0 Å². The van der Waals surface area contributed by atoms with E-state index in [4.69, 9.17) is 10.5 Å². The van der Waals surface area contributed by atoms with Crippen molar-refractivity contribution in [1.29, 1.82) is 0 Å². The molecule has 0 rings (SSSR count). The summed E-state index contributed by atoms with van der Waals surface area (Å²) < 4.78 is 5.45. The molecule has 0 aromatic rings. The molecule has 44 heavy (non-hydrogen) atoms. The van der Waals surface area contributed by atoms with Gasteiger partial charge in [0.2, 0.25) is 0 Å². The third-order valence-corrected chi connectivity index (χ3v) is 8.91. The maximum atomic E-state index is 11.9. The Hall–Kier alpha value is -0.830. The number of ether oxygens (including phenoxy) is 1. The van der Waals surface area contributed by atoms with Gasteiger partial charge >= 0.3 is 5.97 Å². The van der Waals surface area contributed by atoms with E-state index in [0.717, 1.165) is 12.8 Å². The lowest BCUT2D eigenvalue weighted by molar-refractivity contribution is -0.143. The molecule has 0 spiro atoms. The van der Waals surface area contributed by atoms with Crippen LogP contribution in [0.4, 0.5) is 0 Å². The Balaban J connectivity index is 0. The van der Waals surface area contributed by atoms with Gasteiger partial charge in [-0.1, -0.05) is 219 Å². The molecule has 0 aliphatic rings. The molecule has 0 fully saturated rings. The lowest BCUT2D eigenvalue weighted by Crippen LogP contribution is -2.05. The van der Waals surface area contributed by atoms with Gasteiger partial charge in [-0.15, -0.1) is 6.58 Å². The molecule has 0 aliphatic carbocycles. The minimum Gasteiger partial charge on any atom is -0.466 e. The molecule has 0 atom stereocenters. The van der Waals surface area contributed by atoms with Crippen LogP contribution in [0, 0.1) is 0 Å². The van der Waals surface area contributed by atoms with Gasteiger partial charge in [-0.05, 0) is 12.8 Å². The Morgan fingerprint density at radius 1 is 0.455 bits per heavy atom. The third kappa shape index (κ3) is 45.6. The van der Waals surface area contributed by atoms with Crippen molar-refractivity contribution in [3.05, 3.63) is 12.7 Å². The van der Waals surface area contributed by atoms with Gasteiger partial charge in [-0.3, -0.25) is 4.79 Å². The second-order valence-corrected chi connectivity index (χ2v) is 13.5. The summed E-state index contributed by atoms with van der Waals surface area (Å²) in [7, 11) is 0. The van der Waals surface area contributed by atoms with Crippen LogP contribution < -0.4 is 5.73 Å². The topological polar surface area (TPSA) is 52.3 Å². The zero-order valence-electron chi connectivity index (χ0n) is 30.6. The molecule has 0 amide bonds. The first-order valence-electron chi connectivity index (χ1n) is 20.2. The summed E-state index contributed by atoms with van der Waals surface area (Å²) in [6.45, 7) is 9.16. The second-order valence-electron chi connectivity index (χ2n) is 13.5. The van der Waals surface area contributed by atoms with Crippen molar-refractivity contribution in [1.82, 2.24) is 0 Å². The Kier molecular flexibility index (Phi) is 45.6. The van der Waals surface area contributed by atoms with Crippen LogP contribution in [0.3, 0.4) is 0 Å². The molecule has 264 valence electrons. The van der Waals surface area contributed by atoms with E-state index in [0.29, 0.717) is 19.6 Å². The monoisotopic (exact) mass is 622 g/mol. The molecule has 0 radical (unpaired) electrons. The first-order chi connectivity index (χ1) is 21.7. The van der Waals surface area contributed by atoms with Gasteiger partial charge in [0.25, 0.3) is 0 Å². The van der Waals surface area contributed by atoms with Crippen LogP contribution in [-0.4, -0.2) is 19.1 Å². The predicted octanol–water partition coefficient (Wildman–Crippen LogP) is 14.0. The Morgan fingerprint density at radius 2 is 0.682 bits per heavy atom. The van der Waals surface area contributed by atoms with E-state index >= 15 is 0 Å². The van der Waals surface area contributed by atoms with E-state index < -0.39 is 0 Å². The molecule has 2 N–H and O–H groups in total. The second kappa shape index (κ2) is 44.3. The average molecular weight is 622 g/mol. The molecule has 0 aromatic carbocycles. The van der Waals surface area contributed by atoms with Crippen LogP contribution in [0.15, 0.2) is 12.7 Å². The average Bonchev–Trinajstić information content (AvgIpc) is 3.04. The SMILES string of the molecule is C=CCN.CCCCCCCCCCCCCCCCCCCC(=O)OCCCCCCCCCCCCCCCCCC. The number of carbonyl (C=O) groups excluding carboxylic acids is 1. The van der Waals surface area contributed by atoms with Crippen molar-refractivity contribution in [3.8, 4) is 0 Å². The number of nitrogens with two attached hydrogens (primary N) is 1. The molecule has 0 bridgehead atoms. The highest BCUT2D eigenvalue weighted by atomic mass is 16.5. The van der Waals surface area contributed by atoms with E-state index in [1.165, 1.54) is 199 Å². The standard InChI is InChI=1S/C38H76O2.C3H7N/c1-3-5-7-9-11-13-15-17-19-21-22-24-26-28-30-32-34-36-38(39)40-37-35-33-31-29-27-25-23-20-18-16-14-12-10-8-6-4-2;1-2-3-4/h3-37H2,1-2H3;2H,1,3-4H2. The Bertz CT molecular complexity index is 481. The van der Waals surface area contributed by atoms with Crippen molar-refractivity contribution in [2.75, 3.05) is 13.2 Å². The smallest absolute Gasteiger partial charge is 0.305 e. The molecular weight excluding hydrogens is 538 g/mol. The third-order valence-electron chi connectivity index (χ3n) is 8.91. The van der Waals surface area contributed by atoms with E-state index in [9.17, 15) is 4.79 Å². The van der Waals surface area contributed by atoms with Crippen LogP contribution >= 0.6 is 0 Å². The van der Waals surface area contributed by atoms with Crippen molar-refractivity contribution in [3.63, 3.8) is 0 Å². The number of hydrogen-bond acceptors (Lipinski definition) is 3. The number of esters is 1. The van der Waals surface area contributed by atoms with Crippen molar-refractivity contribution < 1.29 is 9.53 Å². The summed E-state index contributed by atoms with van der Waals surface area (Å²) in [4.78, 5) is 11.9. The lowest BCUT2D eigenvalue weighted by atomic mass is 10.0. The first kappa shape index (κ1) is 45.3. The molecular formula is C41H83NO2. The summed E-state index contributed by atoms with van der Waals surface area (Å²) >= 11 is 0. The molecule has 0 aliphatic heterocycles. The summed E-state index contributed by atoms with van der Waals surface area (Å²) in [5.41, 5.74) is 4.91. The first-order valence-corrected chi connectivity index (χ1v) is 20.2. The highest BCUT2D eigenvalue weighted by Crippen LogP contribution is 2.16. The molecule has 3 nitrogen and oxygen atoms in total. The number of rotatable bonds is 36. The van der Waals surface area contributed by atoms with Gasteiger partial charge in [0.05, 0.1) is 6.61 Å². The van der Waals surface area contributed by atoms with Gasteiger partial charge in [-0.25, -0.2) is 0 Å². The van der Waals surface area contributed by atoms with Crippen LogP contribution in [0.2, 0.25) is 0 Å². The summed E-state index contributed by atoms with van der Waals surface area (Å²) in [5.74, 6) is 0.0296. The minimum atomic E-state index is 0.0296. The van der Waals surface area contributed by atoms with Crippen molar-refractivity contribution in [2.24, 2.45) is 5.73 Å². The van der Waals surface area contributed by atoms with Crippen molar-refractivity contribution in [2.45, 2.75) is 232 Å². The van der Waals surface area contributed by atoms with E-state index in [1.807, 2.05) is 0 Å². The van der Waals surface area contributed by atoms with Crippen LogP contribution in [0.25, 0.3) is 0 Å². The molecule has 0 unspecified atom stereocenters. The maximum Gasteiger partial charge on any atom is 0.305 e. The van der Waals surface area contributed by atoms with E-state index in [-0.39, 0.29) is 5.97 Å². The van der Waals surface area contributed by atoms with Crippen molar-refractivity contribution >= 4 is 5.97 Å². The Morgan fingerprint density at radius 3 is 0.932 bits per heavy atom. The van der Waals surface area contributed by atoms with E-state index in [2.05, 4.69) is 20.4 Å². The fraction of sp³-hybridized carbons (Fsp3) is 0.927. The largest absolute Gasteiger partial charge is 0.466 e. The highest BCUT2D eigenvalue weighted by Gasteiger charge is 2.03. The maximum absolute atomic E-state index is 11.9. The zero-order chi connectivity index (χ0) is 32.4. The fourth-order valence-corrected chi connectivity index (χ4v) is 5.90. The molecule has 0 saturated carbocycles. The minimum absolute atomic E-state index is 0.0296. The lowest BCUT2D eigenvalue weighted by Gasteiger charge is -2.06. The predicted molar refractivity (Wildman–Crippen MR) is 199 cm³/mol. The van der Waals surface area contributed by atoms with Gasteiger partial charge in [-0.2, -0.15) is 0 Å². The van der Waals surface area contributed by atoms with Gasteiger partial charge < -0.3 is 10.5 Å². The van der Waals surface area contributed by atoms with Crippen LogP contribution in [-0.2, 0) is 9.53 Å². The quantitative estimate of drug-likeness (QED) is 0.0430. The molecule has 0 aromatic heterocycles. The number of unbranched alkanes of at least 4 members (excludes halogenated alkanes) is 31. The normalized spacial score (nSPS) is 10.9. The molecule has 3 heteroatoms.